The average molecular weight is 680 g/mol. The van der Waals surface area contributed by atoms with E-state index < -0.39 is 0 Å². The number of rotatable bonds is 4. The molecule has 0 radical (unpaired) electrons. The Morgan fingerprint density at radius 2 is 1.04 bits per heavy atom. The molecule has 0 atom stereocenters. The molecule has 250 valence electrons. The summed E-state index contributed by atoms with van der Waals surface area (Å²) in [5.74, 6) is 0.656. The molecule has 1 aliphatic carbocycles. The van der Waals surface area contributed by atoms with Crippen molar-refractivity contribution in [2.24, 2.45) is 0 Å². The predicted molar refractivity (Wildman–Crippen MR) is 218 cm³/mol. The molecule has 10 aromatic rings. The monoisotopic (exact) mass is 679 g/mol. The van der Waals surface area contributed by atoms with E-state index in [1.165, 1.54) is 44.2 Å². The van der Waals surface area contributed by atoms with Gasteiger partial charge in [0.05, 0.1) is 22.4 Å². The van der Waals surface area contributed by atoms with Crippen molar-refractivity contribution in [2.75, 3.05) is 0 Å². The fourth-order valence-electron chi connectivity index (χ4n) is 8.56. The number of furan rings is 1. The lowest BCUT2D eigenvalue weighted by Crippen LogP contribution is -2.14. The van der Waals surface area contributed by atoms with Gasteiger partial charge in [-0.25, -0.2) is 9.97 Å². The molecule has 0 N–H and O–H groups in total. The number of hydrogen-bond donors (Lipinski definition) is 0. The van der Waals surface area contributed by atoms with Crippen molar-refractivity contribution in [1.82, 2.24) is 14.5 Å². The molecule has 0 saturated heterocycles. The van der Waals surface area contributed by atoms with Crippen molar-refractivity contribution in [3.63, 3.8) is 0 Å². The zero-order valence-electron chi connectivity index (χ0n) is 29.3. The van der Waals surface area contributed by atoms with E-state index in [0.717, 1.165) is 55.5 Å². The molecule has 0 unspecified atom stereocenters. The Labute approximate surface area is 306 Å². The maximum Gasteiger partial charge on any atom is 0.235 e. The normalized spacial score (nSPS) is 13.2. The highest BCUT2D eigenvalue weighted by Crippen LogP contribution is 2.52. The van der Waals surface area contributed by atoms with Gasteiger partial charge >= 0.3 is 0 Å². The van der Waals surface area contributed by atoms with Crippen LogP contribution in [-0.4, -0.2) is 14.5 Å². The van der Waals surface area contributed by atoms with Gasteiger partial charge in [-0.1, -0.05) is 129 Å². The van der Waals surface area contributed by atoms with Crippen LogP contribution in [0, 0.1) is 0 Å². The van der Waals surface area contributed by atoms with E-state index in [9.17, 15) is 0 Å². The minimum atomic E-state index is -0.171. The molecule has 53 heavy (non-hydrogen) atoms. The van der Waals surface area contributed by atoms with Gasteiger partial charge in [0.1, 0.15) is 11.2 Å². The van der Waals surface area contributed by atoms with Crippen molar-refractivity contribution in [1.29, 1.82) is 0 Å². The Morgan fingerprint density at radius 3 is 1.79 bits per heavy atom. The van der Waals surface area contributed by atoms with Gasteiger partial charge in [0.2, 0.25) is 5.95 Å². The first-order valence-corrected chi connectivity index (χ1v) is 18.2. The van der Waals surface area contributed by atoms with Crippen molar-refractivity contribution >= 4 is 43.7 Å². The van der Waals surface area contributed by atoms with Crippen molar-refractivity contribution in [3.8, 4) is 50.7 Å². The summed E-state index contributed by atoms with van der Waals surface area (Å²) >= 11 is 0. The highest BCUT2D eigenvalue weighted by molar-refractivity contribution is 6.11. The summed E-state index contributed by atoms with van der Waals surface area (Å²) in [6.45, 7) is 4.70. The summed E-state index contributed by atoms with van der Waals surface area (Å²) in [4.78, 5) is 10.6. The van der Waals surface area contributed by atoms with Crippen LogP contribution in [0.15, 0.2) is 168 Å². The third-order valence-electron chi connectivity index (χ3n) is 11.2. The largest absolute Gasteiger partial charge is 0.456 e. The molecule has 4 heteroatoms. The molecule has 3 aromatic heterocycles. The zero-order chi connectivity index (χ0) is 35.3. The summed E-state index contributed by atoms with van der Waals surface area (Å²) in [5.41, 5.74) is 15.3. The van der Waals surface area contributed by atoms with Gasteiger partial charge in [-0.15, -0.1) is 0 Å². The molecule has 0 fully saturated rings. The maximum absolute atomic E-state index is 6.16. The summed E-state index contributed by atoms with van der Waals surface area (Å²) in [7, 11) is 0. The van der Waals surface area contributed by atoms with Gasteiger partial charge < -0.3 is 4.42 Å². The molecule has 0 amide bonds. The molecular weight excluding hydrogens is 647 g/mol. The van der Waals surface area contributed by atoms with Gasteiger partial charge in [-0.3, -0.25) is 4.57 Å². The molecule has 4 nitrogen and oxygen atoms in total. The Morgan fingerprint density at radius 1 is 0.434 bits per heavy atom. The van der Waals surface area contributed by atoms with Gasteiger partial charge in [-0.05, 0) is 81.9 Å². The van der Waals surface area contributed by atoms with E-state index in [1.807, 2.05) is 24.3 Å². The summed E-state index contributed by atoms with van der Waals surface area (Å²) in [6, 6.07) is 58.1. The van der Waals surface area contributed by atoms with Crippen LogP contribution in [0.4, 0.5) is 0 Å². The molecule has 0 bridgehead atoms. The summed E-state index contributed by atoms with van der Waals surface area (Å²) in [6.07, 6.45) is 0. The van der Waals surface area contributed by atoms with Gasteiger partial charge in [0.25, 0.3) is 0 Å². The minimum absolute atomic E-state index is 0.171. The molecule has 0 aliphatic heterocycles. The quantitative estimate of drug-likeness (QED) is 0.186. The lowest BCUT2D eigenvalue weighted by Gasteiger charge is -2.21. The van der Waals surface area contributed by atoms with Crippen LogP contribution < -0.4 is 0 Å². The van der Waals surface area contributed by atoms with Crippen LogP contribution in [0.2, 0.25) is 0 Å². The number of benzene rings is 7. The van der Waals surface area contributed by atoms with E-state index in [0.29, 0.717) is 5.95 Å². The molecule has 3 heterocycles. The maximum atomic E-state index is 6.16. The Kier molecular flexibility index (Phi) is 6.27. The highest BCUT2D eigenvalue weighted by atomic mass is 16.3. The van der Waals surface area contributed by atoms with Gasteiger partial charge in [-0.2, -0.15) is 0 Å². The highest BCUT2D eigenvalue weighted by Gasteiger charge is 2.37. The second-order valence-corrected chi connectivity index (χ2v) is 14.6. The Hall–Kier alpha value is -6.78. The Bertz CT molecular complexity index is 3020. The second-order valence-electron chi connectivity index (χ2n) is 14.6. The van der Waals surface area contributed by atoms with Gasteiger partial charge in [0.15, 0.2) is 0 Å². The van der Waals surface area contributed by atoms with E-state index in [-0.39, 0.29) is 5.41 Å². The second kappa shape index (κ2) is 11.1. The van der Waals surface area contributed by atoms with E-state index in [2.05, 4.69) is 158 Å². The van der Waals surface area contributed by atoms with Crippen molar-refractivity contribution in [2.45, 2.75) is 19.3 Å². The smallest absolute Gasteiger partial charge is 0.235 e. The minimum Gasteiger partial charge on any atom is -0.456 e. The first-order valence-electron chi connectivity index (χ1n) is 18.2. The number of para-hydroxylation sites is 2. The fraction of sp³-hybridized carbons (Fsp3) is 0.0612. The molecule has 7 aromatic carbocycles. The molecule has 0 saturated carbocycles. The first kappa shape index (κ1) is 29.9. The van der Waals surface area contributed by atoms with Crippen LogP contribution >= 0.6 is 0 Å². The van der Waals surface area contributed by atoms with E-state index in [1.54, 1.807) is 0 Å². The summed E-state index contributed by atoms with van der Waals surface area (Å²) < 4.78 is 8.42. The Balaban J connectivity index is 1.14. The van der Waals surface area contributed by atoms with Crippen LogP contribution in [0.1, 0.15) is 25.0 Å². The molecule has 0 spiro atoms. The standard InChI is InChI=1S/C49H33N3O/c1-49(2)40-23-21-32(33-22-24-47-39(26-33)35-18-10-12-20-46(35)53-47)25-36(40)37-28-45-38(27-41(37)49)34-17-9-11-19-44(34)52(45)48-50-42(30-13-5-3-6-14-30)29-43(51-48)31-15-7-4-8-16-31/h3-29H,1-2H3. The molecule has 11 rings (SSSR count). The third-order valence-corrected chi connectivity index (χ3v) is 11.2. The van der Waals surface area contributed by atoms with E-state index >= 15 is 0 Å². The number of hydrogen-bond acceptors (Lipinski definition) is 3. The van der Waals surface area contributed by atoms with Crippen LogP contribution in [0.25, 0.3) is 94.5 Å². The van der Waals surface area contributed by atoms with Crippen LogP contribution in [-0.2, 0) is 5.41 Å². The number of nitrogens with zero attached hydrogens (tertiary/aromatic N) is 3. The average Bonchev–Trinajstić information content (AvgIpc) is 3.82. The van der Waals surface area contributed by atoms with Crippen LogP contribution in [0.5, 0.6) is 0 Å². The van der Waals surface area contributed by atoms with Gasteiger partial charge in [0, 0.05) is 38.1 Å². The lowest BCUT2D eigenvalue weighted by atomic mass is 9.81. The molecular formula is C49H33N3O. The lowest BCUT2D eigenvalue weighted by molar-refractivity contribution is 0.661. The number of aromatic nitrogens is 3. The predicted octanol–water partition coefficient (Wildman–Crippen LogP) is 12.8. The van der Waals surface area contributed by atoms with Crippen molar-refractivity contribution < 1.29 is 4.42 Å². The summed E-state index contributed by atoms with van der Waals surface area (Å²) in [5, 5.41) is 4.67. The topological polar surface area (TPSA) is 43.9 Å². The fourth-order valence-corrected chi connectivity index (χ4v) is 8.56. The van der Waals surface area contributed by atoms with Crippen LogP contribution in [0.3, 0.4) is 0 Å². The first-order chi connectivity index (χ1) is 26.0. The van der Waals surface area contributed by atoms with Crippen molar-refractivity contribution in [3.05, 3.63) is 175 Å². The third kappa shape index (κ3) is 4.49. The SMILES string of the molecule is CC1(C)c2ccc(-c3ccc4oc5ccccc5c4c3)cc2-c2cc3c(cc21)c1ccccc1n3-c1nc(-c2ccccc2)cc(-c2ccccc2)n1. The zero-order valence-corrected chi connectivity index (χ0v) is 29.3. The van der Waals surface area contributed by atoms with E-state index in [4.69, 9.17) is 14.4 Å². The number of fused-ring (bicyclic) bond motifs is 9. The molecule has 1 aliphatic rings.